The first kappa shape index (κ1) is 13.5. The number of amides is 1. The van der Waals surface area contributed by atoms with Crippen molar-refractivity contribution in [1.29, 1.82) is 0 Å². The average molecular weight is 281 g/mol. The lowest BCUT2D eigenvalue weighted by atomic mass is 10.3. The maximum atomic E-state index is 12.0. The van der Waals surface area contributed by atoms with Crippen molar-refractivity contribution in [3.63, 3.8) is 0 Å². The third-order valence-corrected chi connectivity index (χ3v) is 3.81. The molecule has 0 aliphatic carbocycles. The summed E-state index contributed by atoms with van der Waals surface area (Å²) < 4.78 is 17.4. The summed E-state index contributed by atoms with van der Waals surface area (Å²) >= 11 is 0. The van der Waals surface area contributed by atoms with Crippen LogP contribution < -0.4 is 5.73 Å². The number of hydrogen-bond donors (Lipinski definition) is 1. The van der Waals surface area contributed by atoms with Gasteiger partial charge in [0, 0.05) is 19.3 Å². The van der Waals surface area contributed by atoms with Gasteiger partial charge in [-0.3, -0.25) is 4.79 Å². The number of fused-ring (bicyclic) bond motifs is 1. The van der Waals surface area contributed by atoms with E-state index in [2.05, 4.69) is 4.98 Å². The van der Waals surface area contributed by atoms with Crippen LogP contribution in [0.25, 0.3) is 11.1 Å². The Morgan fingerprint density at radius 1 is 1.53 bits per heavy atom. The molecule has 1 aromatic carbocycles. The van der Waals surface area contributed by atoms with Gasteiger partial charge in [-0.15, -0.1) is 0 Å². The number of nitrogen functional groups attached to an aromatic ring is 1. The summed E-state index contributed by atoms with van der Waals surface area (Å²) in [6, 6.07) is 4.98. The molecular formula is C12H15N3O3S. The number of nitrogens with two attached hydrogens (primary N) is 1. The lowest BCUT2D eigenvalue weighted by Crippen LogP contribution is -2.30. The molecule has 102 valence electrons. The van der Waals surface area contributed by atoms with E-state index < -0.39 is 10.8 Å². The molecular weight excluding hydrogens is 266 g/mol. The van der Waals surface area contributed by atoms with Gasteiger partial charge in [-0.1, -0.05) is 0 Å². The second-order valence-electron chi connectivity index (χ2n) is 4.10. The van der Waals surface area contributed by atoms with Crippen LogP contribution in [0.15, 0.2) is 27.8 Å². The van der Waals surface area contributed by atoms with Crippen LogP contribution in [0.3, 0.4) is 0 Å². The van der Waals surface area contributed by atoms with Gasteiger partial charge < -0.3 is 15.1 Å². The third-order valence-electron chi connectivity index (χ3n) is 2.74. The van der Waals surface area contributed by atoms with E-state index in [1.807, 2.05) is 6.92 Å². The second-order valence-corrected chi connectivity index (χ2v) is 5.43. The SMILES string of the molecule is CCN(C)C(=O)CS(=O)c1nc2cc(N)ccc2o1. The molecule has 0 bridgehead atoms. The number of anilines is 1. The molecule has 1 amide bonds. The maximum absolute atomic E-state index is 12.0. The highest BCUT2D eigenvalue weighted by molar-refractivity contribution is 7.85. The van der Waals surface area contributed by atoms with Crippen molar-refractivity contribution in [2.24, 2.45) is 0 Å². The molecule has 1 unspecified atom stereocenters. The fourth-order valence-electron chi connectivity index (χ4n) is 1.48. The Bertz CT molecular complexity index is 638. The number of hydrogen-bond acceptors (Lipinski definition) is 5. The van der Waals surface area contributed by atoms with E-state index >= 15 is 0 Å². The highest BCUT2D eigenvalue weighted by atomic mass is 32.2. The van der Waals surface area contributed by atoms with Crippen molar-refractivity contribution in [1.82, 2.24) is 9.88 Å². The van der Waals surface area contributed by atoms with Crippen molar-refractivity contribution in [3.8, 4) is 0 Å². The first-order valence-corrected chi connectivity index (χ1v) is 7.11. The van der Waals surface area contributed by atoms with E-state index in [1.165, 1.54) is 4.90 Å². The topological polar surface area (TPSA) is 89.4 Å². The first-order valence-electron chi connectivity index (χ1n) is 5.79. The largest absolute Gasteiger partial charge is 0.430 e. The lowest BCUT2D eigenvalue weighted by Gasteiger charge is -2.12. The zero-order valence-corrected chi connectivity index (χ0v) is 11.6. The zero-order chi connectivity index (χ0) is 14.0. The van der Waals surface area contributed by atoms with Crippen molar-refractivity contribution in [2.75, 3.05) is 25.1 Å². The molecule has 1 aromatic heterocycles. The van der Waals surface area contributed by atoms with Gasteiger partial charge in [-0.25, -0.2) is 9.19 Å². The third kappa shape index (κ3) is 2.93. The molecule has 0 fully saturated rings. The van der Waals surface area contributed by atoms with Gasteiger partial charge in [0.15, 0.2) is 5.58 Å². The van der Waals surface area contributed by atoms with Gasteiger partial charge in [0.2, 0.25) is 5.91 Å². The van der Waals surface area contributed by atoms with Crippen LogP contribution in [0.5, 0.6) is 0 Å². The number of rotatable bonds is 4. The van der Waals surface area contributed by atoms with Crippen molar-refractivity contribution in [2.45, 2.75) is 12.1 Å². The molecule has 19 heavy (non-hydrogen) atoms. The summed E-state index contributed by atoms with van der Waals surface area (Å²) in [4.78, 5) is 17.3. The lowest BCUT2D eigenvalue weighted by molar-refractivity contribution is -0.126. The van der Waals surface area contributed by atoms with Gasteiger partial charge in [0.05, 0.1) is 0 Å². The predicted octanol–water partition coefficient (Wildman–Crippen LogP) is 0.996. The average Bonchev–Trinajstić information content (AvgIpc) is 2.80. The first-order chi connectivity index (χ1) is 9.01. The Hall–Kier alpha value is -1.89. The molecule has 0 radical (unpaired) electrons. The Balaban J connectivity index is 2.20. The molecule has 2 aromatic rings. The second kappa shape index (κ2) is 5.40. The standard InChI is InChI=1S/C12H15N3O3S/c1-3-15(2)11(16)7-19(17)12-14-9-6-8(13)4-5-10(9)18-12/h4-6H,3,7,13H2,1-2H3. The molecule has 0 saturated carbocycles. The zero-order valence-electron chi connectivity index (χ0n) is 10.8. The van der Waals surface area contributed by atoms with Gasteiger partial charge in [0.25, 0.3) is 5.22 Å². The number of carbonyl (C=O) groups is 1. The number of aromatic nitrogens is 1. The smallest absolute Gasteiger partial charge is 0.288 e. The Morgan fingerprint density at radius 2 is 2.26 bits per heavy atom. The van der Waals surface area contributed by atoms with Crippen LogP contribution in [-0.4, -0.2) is 39.3 Å². The fraction of sp³-hybridized carbons (Fsp3) is 0.333. The van der Waals surface area contributed by atoms with E-state index in [9.17, 15) is 9.00 Å². The van der Waals surface area contributed by atoms with Crippen molar-refractivity contribution in [3.05, 3.63) is 18.2 Å². The fourth-order valence-corrected chi connectivity index (χ4v) is 2.43. The van der Waals surface area contributed by atoms with Gasteiger partial charge in [-0.2, -0.15) is 0 Å². The summed E-state index contributed by atoms with van der Waals surface area (Å²) in [6.07, 6.45) is 0. The van der Waals surface area contributed by atoms with Crippen LogP contribution in [0, 0.1) is 0 Å². The minimum Gasteiger partial charge on any atom is -0.430 e. The van der Waals surface area contributed by atoms with E-state index in [0.717, 1.165) is 0 Å². The number of nitrogens with zero attached hydrogens (tertiary/aromatic N) is 2. The Kier molecular flexibility index (Phi) is 3.84. The van der Waals surface area contributed by atoms with Gasteiger partial charge in [-0.05, 0) is 25.1 Å². The molecule has 2 rings (SSSR count). The summed E-state index contributed by atoms with van der Waals surface area (Å²) in [5.74, 6) is -0.338. The highest BCUT2D eigenvalue weighted by Gasteiger charge is 2.18. The molecule has 0 spiro atoms. The normalized spacial score (nSPS) is 12.5. The molecule has 2 N–H and O–H groups in total. The summed E-state index contributed by atoms with van der Waals surface area (Å²) in [5.41, 5.74) is 7.23. The summed E-state index contributed by atoms with van der Waals surface area (Å²) in [6.45, 7) is 2.42. The maximum Gasteiger partial charge on any atom is 0.288 e. The molecule has 0 aliphatic heterocycles. The molecule has 0 saturated heterocycles. The monoisotopic (exact) mass is 281 g/mol. The van der Waals surface area contributed by atoms with Gasteiger partial charge in [0.1, 0.15) is 22.1 Å². The molecule has 0 aliphatic rings. The number of benzene rings is 1. The van der Waals surface area contributed by atoms with Crippen molar-refractivity contribution >= 4 is 33.5 Å². The van der Waals surface area contributed by atoms with Crippen LogP contribution in [0.4, 0.5) is 5.69 Å². The Labute approximate surface area is 113 Å². The van der Waals surface area contributed by atoms with E-state index in [4.69, 9.17) is 10.2 Å². The summed E-state index contributed by atoms with van der Waals surface area (Å²) in [7, 11) is 0.0743. The molecule has 1 atom stereocenters. The number of carbonyl (C=O) groups excluding carboxylic acids is 1. The van der Waals surface area contributed by atoms with Crippen LogP contribution >= 0.6 is 0 Å². The minimum absolute atomic E-state index is 0.0541. The minimum atomic E-state index is -1.58. The predicted molar refractivity (Wildman–Crippen MR) is 73.0 cm³/mol. The van der Waals surface area contributed by atoms with Crippen LogP contribution in [0.1, 0.15) is 6.92 Å². The van der Waals surface area contributed by atoms with E-state index in [0.29, 0.717) is 23.3 Å². The Morgan fingerprint density at radius 3 is 2.95 bits per heavy atom. The summed E-state index contributed by atoms with van der Waals surface area (Å²) in [5, 5.41) is 0.0541. The number of oxazole rings is 1. The van der Waals surface area contributed by atoms with Crippen molar-refractivity contribution < 1.29 is 13.4 Å². The quantitative estimate of drug-likeness (QED) is 0.844. The van der Waals surface area contributed by atoms with E-state index in [1.54, 1.807) is 25.2 Å². The molecule has 7 heteroatoms. The van der Waals surface area contributed by atoms with Gasteiger partial charge >= 0.3 is 0 Å². The van der Waals surface area contributed by atoms with E-state index in [-0.39, 0.29) is 16.9 Å². The van der Waals surface area contributed by atoms with Crippen LogP contribution in [0.2, 0.25) is 0 Å². The van der Waals surface area contributed by atoms with Crippen LogP contribution in [-0.2, 0) is 15.6 Å². The molecule has 1 heterocycles. The highest BCUT2D eigenvalue weighted by Crippen LogP contribution is 2.20. The molecule has 6 nitrogen and oxygen atoms in total.